The van der Waals surface area contributed by atoms with Crippen LogP contribution in [0.5, 0.6) is 0 Å². The van der Waals surface area contributed by atoms with Crippen molar-refractivity contribution in [1.29, 1.82) is 0 Å². The first-order valence-corrected chi connectivity index (χ1v) is 14.1. The van der Waals surface area contributed by atoms with E-state index in [2.05, 4.69) is 0 Å². The average molecular weight is 743 g/mol. The average Bonchev–Trinajstić information content (AvgIpc) is 3.02. The molecule has 21 nitrogen and oxygen atoms in total. The van der Waals surface area contributed by atoms with Gasteiger partial charge in [-0.1, -0.05) is 0 Å². The van der Waals surface area contributed by atoms with E-state index in [1.54, 1.807) is 0 Å². The summed E-state index contributed by atoms with van der Waals surface area (Å²) < 4.78 is 37.6. The molecule has 4 saturated heterocycles. The Morgan fingerprint density at radius 2 is 0.783 bits per heavy atom. The first-order chi connectivity index (χ1) is 21.2. The molecular weight excluding hydrogens is 697 g/mol. The Kier molecular flexibility index (Phi) is 14.9. The first-order valence-electron chi connectivity index (χ1n) is 14.1. The van der Waals surface area contributed by atoms with Gasteiger partial charge in [0.1, 0.15) is 97.7 Å². The molecule has 0 aromatic heterocycles. The van der Waals surface area contributed by atoms with Crippen LogP contribution in [-0.4, -0.2) is 238 Å². The summed E-state index contributed by atoms with van der Waals surface area (Å²) in [5.74, 6) is 0. The van der Waals surface area contributed by atoms with Crippen LogP contribution < -0.4 is 0 Å². The van der Waals surface area contributed by atoms with Gasteiger partial charge in [0.15, 0.2) is 25.2 Å². The molecule has 272 valence electrons. The Balaban J connectivity index is 0.00000576. The maximum atomic E-state index is 11.1. The van der Waals surface area contributed by atoms with Crippen molar-refractivity contribution >= 4 is 17.6 Å². The molecule has 20 atom stereocenters. The van der Waals surface area contributed by atoms with E-state index in [1.807, 2.05) is 0 Å². The van der Waals surface area contributed by atoms with Crippen LogP contribution >= 0.6 is 0 Å². The van der Waals surface area contributed by atoms with Crippen LogP contribution in [0.4, 0.5) is 0 Å². The van der Waals surface area contributed by atoms with Crippen molar-refractivity contribution in [2.75, 3.05) is 26.4 Å². The molecule has 0 aromatic carbocycles. The Hall–Kier alpha value is -0.297. The van der Waals surface area contributed by atoms with E-state index in [-0.39, 0.29) is 17.6 Å². The van der Waals surface area contributed by atoms with Crippen molar-refractivity contribution in [3.63, 3.8) is 0 Å². The standard InChI is InChI=1S/C24H42O21.GeH4/c25-1-5-9(28)13(32)15(34)22(41-5)39-4-8-12(31)20(45-23-16(35)14(33)10(29)6(2-26)42-23)18(37)24(43-8)44-19-11(30)7(3-27)40-21(38)17(19)36;/h5-38H,1-4H2;1H4/t5-,6-,7-,8-,9-,10-,11-,12-,13+,14+,15-,16-,17-,18-,19+,20+,21-,22-,23+,24+;/m1./s1. The summed E-state index contributed by atoms with van der Waals surface area (Å²) in [4.78, 5) is 0. The molecule has 4 heterocycles. The summed E-state index contributed by atoms with van der Waals surface area (Å²) in [6.07, 6.45) is -35.9. The van der Waals surface area contributed by atoms with E-state index >= 15 is 0 Å². The second-order valence-corrected chi connectivity index (χ2v) is 11.2. The van der Waals surface area contributed by atoms with Crippen molar-refractivity contribution in [2.45, 2.75) is 123 Å². The minimum absolute atomic E-state index is 0. The van der Waals surface area contributed by atoms with Crippen LogP contribution in [0.15, 0.2) is 0 Å². The summed E-state index contributed by atoms with van der Waals surface area (Å²) >= 11 is 0. The Labute approximate surface area is 271 Å². The minimum atomic E-state index is -2.07. The van der Waals surface area contributed by atoms with E-state index < -0.39 is 149 Å². The topological polar surface area (TPSA) is 348 Å². The second kappa shape index (κ2) is 17.1. The van der Waals surface area contributed by atoms with Gasteiger partial charge in [-0.3, -0.25) is 0 Å². The number of hydrogen-bond donors (Lipinski definition) is 14. The van der Waals surface area contributed by atoms with Crippen molar-refractivity contribution in [3.8, 4) is 0 Å². The third kappa shape index (κ3) is 8.18. The van der Waals surface area contributed by atoms with Crippen molar-refractivity contribution < 1.29 is 105 Å². The van der Waals surface area contributed by atoms with E-state index in [4.69, 9.17) is 33.2 Å². The maximum absolute atomic E-state index is 11.1. The predicted molar refractivity (Wildman–Crippen MR) is 145 cm³/mol. The molecule has 4 aliphatic rings. The number of aliphatic hydroxyl groups excluding tert-OH is 14. The molecule has 4 rings (SSSR count). The molecule has 4 fully saturated rings. The Morgan fingerprint density at radius 1 is 0.391 bits per heavy atom. The van der Waals surface area contributed by atoms with Gasteiger partial charge >= 0.3 is 17.6 Å². The van der Waals surface area contributed by atoms with Crippen LogP contribution in [0.3, 0.4) is 0 Å². The van der Waals surface area contributed by atoms with Crippen LogP contribution in [0.1, 0.15) is 0 Å². The third-order valence-electron chi connectivity index (χ3n) is 8.19. The molecule has 0 spiro atoms. The quantitative estimate of drug-likeness (QED) is 0.0924. The number of aliphatic hydroxyl groups is 14. The van der Waals surface area contributed by atoms with Crippen LogP contribution in [-0.2, 0) is 33.2 Å². The molecule has 0 aliphatic carbocycles. The van der Waals surface area contributed by atoms with Crippen molar-refractivity contribution in [1.82, 2.24) is 0 Å². The molecule has 0 bridgehead atoms. The first kappa shape index (κ1) is 40.1. The summed E-state index contributed by atoms with van der Waals surface area (Å²) in [5.41, 5.74) is 0. The molecule has 4 aliphatic heterocycles. The normalized spacial score (nSPS) is 51.8. The zero-order valence-corrected chi connectivity index (χ0v) is 23.5. The van der Waals surface area contributed by atoms with Crippen molar-refractivity contribution in [2.24, 2.45) is 0 Å². The van der Waals surface area contributed by atoms with Crippen LogP contribution in [0.25, 0.3) is 0 Å². The molecule has 46 heavy (non-hydrogen) atoms. The van der Waals surface area contributed by atoms with E-state index in [0.717, 1.165) is 0 Å². The van der Waals surface area contributed by atoms with Gasteiger partial charge in [-0.25, -0.2) is 0 Å². The van der Waals surface area contributed by atoms with Crippen LogP contribution in [0.2, 0.25) is 0 Å². The van der Waals surface area contributed by atoms with Gasteiger partial charge in [-0.05, 0) is 0 Å². The Bertz CT molecular complexity index is 921. The van der Waals surface area contributed by atoms with E-state index in [1.165, 1.54) is 0 Å². The van der Waals surface area contributed by atoms with E-state index in [0.29, 0.717) is 0 Å². The van der Waals surface area contributed by atoms with E-state index in [9.17, 15) is 71.5 Å². The Morgan fingerprint density at radius 3 is 1.30 bits per heavy atom. The molecule has 22 heteroatoms. The monoisotopic (exact) mass is 744 g/mol. The zero-order chi connectivity index (χ0) is 33.3. The molecule has 14 N–H and O–H groups in total. The fourth-order valence-corrected chi connectivity index (χ4v) is 5.43. The van der Waals surface area contributed by atoms with Crippen LogP contribution in [0, 0.1) is 0 Å². The van der Waals surface area contributed by atoms with Crippen molar-refractivity contribution in [3.05, 3.63) is 0 Å². The fraction of sp³-hybridized carbons (Fsp3) is 1.00. The SMILES string of the molecule is OC[C@H]1O[C@@H](OC[C@H]2O[C@@H](O[C@@H]3[C@@H](O)[C@H](O)O[C@H](CO)[C@H]3O)[C@H](O)[C@@H](O[C@@H]3O[C@H](CO)[C@@H](O)[C@H](O)[C@H]3O)[C@@H]2O)[C@H](O)[C@@H](O)[C@@H]1O.[GeH4]. The molecule has 0 radical (unpaired) electrons. The summed E-state index contributed by atoms with van der Waals surface area (Å²) in [5, 5.41) is 143. The van der Waals surface area contributed by atoms with Gasteiger partial charge in [0.2, 0.25) is 0 Å². The van der Waals surface area contributed by atoms with Gasteiger partial charge < -0.3 is 105 Å². The number of rotatable bonds is 10. The summed E-state index contributed by atoms with van der Waals surface area (Å²) in [7, 11) is 0. The van der Waals surface area contributed by atoms with Gasteiger partial charge in [-0.15, -0.1) is 0 Å². The summed E-state index contributed by atoms with van der Waals surface area (Å²) in [6, 6.07) is 0. The third-order valence-corrected chi connectivity index (χ3v) is 8.19. The number of ether oxygens (including phenoxy) is 7. The summed E-state index contributed by atoms with van der Waals surface area (Å²) in [6.45, 7) is -3.19. The van der Waals surface area contributed by atoms with Gasteiger partial charge in [0.25, 0.3) is 0 Å². The van der Waals surface area contributed by atoms with Gasteiger partial charge in [-0.2, -0.15) is 0 Å². The zero-order valence-electron chi connectivity index (χ0n) is 23.5. The number of hydrogen-bond acceptors (Lipinski definition) is 21. The predicted octanol–water partition coefficient (Wildman–Crippen LogP) is -11.2. The molecule has 0 unspecified atom stereocenters. The molecule has 0 amide bonds. The molecular formula is C24H46GeO21. The fourth-order valence-electron chi connectivity index (χ4n) is 5.43. The molecule has 0 aromatic rings. The van der Waals surface area contributed by atoms with Gasteiger partial charge in [0.05, 0.1) is 26.4 Å². The second-order valence-electron chi connectivity index (χ2n) is 11.2. The molecule has 0 saturated carbocycles. The van der Waals surface area contributed by atoms with Gasteiger partial charge in [0, 0.05) is 0 Å².